The molecule has 1 atom stereocenters. The minimum atomic E-state index is -1.31. The van der Waals surface area contributed by atoms with Gasteiger partial charge in [0.15, 0.2) is 17.0 Å². The summed E-state index contributed by atoms with van der Waals surface area (Å²) in [5, 5.41) is 2.83. The number of rotatable bonds is 21. The standard InChI is InChI=1S/C58H82N8O16.C2H6/c1-17-26-76-44(68)33-63(31-37(34-75-28-27-74-29-30-78-54(2,3)4)60-49(69)77-35-42-40-24-20-18-22-38(40)39-23-19-21-25-41(39)42)43(67)32-64-36-59-45-46(64)61-48(66(52(72)81-57(11,12)13)53(73)82-58(14,15)16)62-47(45)65(50(70)79-55(5,6)7)51(71)80-56(8,9)10;1-2/h18-25,36-37,42H,17,26-35H2,1-16H3,(H,60,69);1-2H3. The zero-order chi connectivity index (χ0) is 63.0. The van der Waals surface area contributed by atoms with Crippen LogP contribution < -0.4 is 15.1 Å². The Kier molecular flexibility index (Phi) is 24.6. The summed E-state index contributed by atoms with van der Waals surface area (Å²) in [6.07, 6.45) is -4.45. The van der Waals surface area contributed by atoms with Gasteiger partial charge in [0, 0.05) is 12.5 Å². The lowest BCUT2D eigenvalue weighted by Gasteiger charge is -2.29. The molecule has 24 heteroatoms. The number of carbonyl (C=O) groups is 7. The Balaban J connectivity index is 0.00000748. The average molecular weight is 1180 g/mol. The highest BCUT2D eigenvalue weighted by Gasteiger charge is 2.41. The van der Waals surface area contributed by atoms with E-state index in [-0.39, 0.29) is 62.3 Å². The number of benzene rings is 2. The Morgan fingerprint density at radius 3 is 1.60 bits per heavy atom. The monoisotopic (exact) mass is 1180 g/mol. The van der Waals surface area contributed by atoms with Crippen molar-refractivity contribution in [3.8, 4) is 11.1 Å². The van der Waals surface area contributed by atoms with E-state index in [1.165, 1.54) is 4.57 Å². The topological polar surface area (TPSA) is 268 Å². The number of imidazole rings is 1. The van der Waals surface area contributed by atoms with Gasteiger partial charge in [0.25, 0.3) is 0 Å². The van der Waals surface area contributed by atoms with Gasteiger partial charge in [-0.15, -0.1) is 4.90 Å². The fraction of sp³-hybridized carbons (Fsp3) is 0.600. The second kappa shape index (κ2) is 29.9. The molecule has 4 aromatic rings. The fourth-order valence-corrected chi connectivity index (χ4v) is 7.99. The van der Waals surface area contributed by atoms with E-state index in [4.69, 9.17) is 42.6 Å². The second-order valence-electron chi connectivity index (χ2n) is 24.3. The SMILES string of the molecule is CC.CCCOC(=O)CN(CC(COCCOCCOC(C)(C)C)NC(=O)OCC1c2ccccc2-c2ccccc21)C(=O)Cn1cnc2c(N(C(=O)OC(C)(C)C)C(=O)OC(C)(C)C)nc(N(C(=O)OC(C)(C)C)C(=O)OC(C)(C)C)nc21. The molecular formula is C60H88N8O16. The van der Waals surface area contributed by atoms with Crippen molar-refractivity contribution in [3.05, 3.63) is 66.0 Å². The first-order chi connectivity index (χ1) is 39.1. The number of fused-ring (bicyclic) bond motifs is 4. The largest absolute Gasteiger partial charge is 0.464 e. The summed E-state index contributed by atoms with van der Waals surface area (Å²) >= 11 is 0. The van der Waals surface area contributed by atoms with E-state index in [1.54, 1.807) is 90.0 Å². The third-order valence-electron chi connectivity index (χ3n) is 11.2. The highest BCUT2D eigenvalue weighted by atomic mass is 16.6. The lowest BCUT2D eigenvalue weighted by Crippen LogP contribution is -2.50. The first-order valence-corrected chi connectivity index (χ1v) is 28.2. The number of ether oxygens (including phenoxy) is 9. The number of carbonyl (C=O) groups excluding carboxylic acids is 7. The van der Waals surface area contributed by atoms with Crippen LogP contribution in [0.1, 0.15) is 148 Å². The van der Waals surface area contributed by atoms with Crippen LogP contribution >= 0.6 is 0 Å². The molecule has 1 N–H and O–H groups in total. The van der Waals surface area contributed by atoms with Crippen molar-refractivity contribution in [2.45, 2.75) is 178 Å². The highest BCUT2D eigenvalue weighted by molar-refractivity contribution is 6.14. The lowest BCUT2D eigenvalue weighted by molar-refractivity contribution is -0.149. The van der Waals surface area contributed by atoms with Gasteiger partial charge in [-0.05, 0) is 133 Å². The molecule has 0 fully saturated rings. The third kappa shape index (κ3) is 21.6. The third-order valence-corrected chi connectivity index (χ3v) is 11.2. The molecule has 0 saturated carbocycles. The molecule has 0 aliphatic heterocycles. The molecule has 2 aromatic carbocycles. The van der Waals surface area contributed by atoms with Gasteiger partial charge < -0.3 is 57.4 Å². The van der Waals surface area contributed by atoms with Crippen LogP contribution in [-0.2, 0) is 58.8 Å². The quantitative estimate of drug-likeness (QED) is 0.0461. The van der Waals surface area contributed by atoms with Crippen LogP contribution in [0.2, 0.25) is 0 Å². The van der Waals surface area contributed by atoms with Crippen molar-refractivity contribution < 1.29 is 76.2 Å². The van der Waals surface area contributed by atoms with Gasteiger partial charge in [-0.1, -0.05) is 69.3 Å². The number of alkyl carbamates (subject to hydrolysis) is 1. The smallest absolute Gasteiger partial charge is 0.427 e. The number of hydrogen-bond donors (Lipinski definition) is 1. The summed E-state index contributed by atoms with van der Waals surface area (Å²) in [4.78, 5) is 114. The fourth-order valence-electron chi connectivity index (χ4n) is 7.99. The summed E-state index contributed by atoms with van der Waals surface area (Å²) in [6.45, 7) is 29.3. The number of amides is 6. The Morgan fingerprint density at radius 1 is 0.607 bits per heavy atom. The van der Waals surface area contributed by atoms with Crippen molar-refractivity contribution in [2.75, 3.05) is 69.1 Å². The van der Waals surface area contributed by atoms with Gasteiger partial charge >= 0.3 is 36.4 Å². The van der Waals surface area contributed by atoms with Crippen LogP contribution in [0.5, 0.6) is 0 Å². The summed E-state index contributed by atoms with van der Waals surface area (Å²) in [7, 11) is 0. The summed E-state index contributed by atoms with van der Waals surface area (Å²) in [6, 6.07) is 14.7. The van der Waals surface area contributed by atoms with Gasteiger partial charge in [-0.3, -0.25) is 9.59 Å². The Morgan fingerprint density at radius 2 is 1.10 bits per heavy atom. The highest BCUT2D eigenvalue weighted by Crippen LogP contribution is 2.44. The molecule has 464 valence electrons. The molecule has 84 heavy (non-hydrogen) atoms. The van der Waals surface area contributed by atoms with E-state index < -0.39 is 95.6 Å². The van der Waals surface area contributed by atoms with E-state index >= 15 is 0 Å². The Labute approximate surface area is 493 Å². The van der Waals surface area contributed by atoms with E-state index in [0.29, 0.717) is 29.4 Å². The number of anilines is 2. The molecule has 0 spiro atoms. The molecular weight excluding hydrogens is 1090 g/mol. The Hall–Kier alpha value is -7.44. The van der Waals surface area contributed by atoms with E-state index in [1.807, 2.05) is 83.1 Å². The van der Waals surface area contributed by atoms with Crippen LogP contribution in [0.15, 0.2) is 54.9 Å². The first kappa shape index (κ1) is 69.1. The van der Waals surface area contributed by atoms with E-state index in [9.17, 15) is 33.6 Å². The number of imide groups is 2. The zero-order valence-corrected chi connectivity index (χ0v) is 52.3. The average Bonchev–Trinajstić information content (AvgIpc) is 2.01. The zero-order valence-electron chi connectivity index (χ0n) is 52.3. The first-order valence-electron chi connectivity index (χ1n) is 28.2. The van der Waals surface area contributed by atoms with Gasteiger partial charge in [-0.2, -0.15) is 14.9 Å². The second-order valence-corrected chi connectivity index (χ2v) is 24.3. The molecule has 0 bridgehead atoms. The van der Waals surface area contributed by atoms with E-state index in [2.05, 4.69) is 20.3 Å². The van der Waals surface area contributed by atoms with E-state index in [0.717, 1.165) is 33.5 Å². The van der Waals surface area contributed by atoms with Crippen LogP contribution in [-0.4, -0.2) is 160 Å². The van der Waals surface area contributed by atoms with Crippen LogP contribution in [0.25, 0.3) is 22.3 Å². The molecule has 0 saturated heterocycles. The molecule has 1 unspecified atom stereocenters. The van der Waals surface area contributed by atoms with Crippen molar-refractivity contribution in [1.82, 2.24) is 29.7 Å². The van der Waals surface area contributed by atoms with Gasteiger partial charge in [0.05, 0.1) is 57.6 Å². The molecule has 1 aliphatic rings. The summed E-state index contributed by atoms with van der Waals surface area (Å²) in [5.74, 6) is -3.24. The number of nitrogens with zero attached hydrogens (tertiary/aromatic N) is 7. The molecule has 6 amide bonds. The number of nitrogens with one attached hydrogen (secondary N) is 1. The maximum atomic E-state index is 15.0. The van der Waals surface area contributed by atoms with Crippen molar-refractivity contribution >= 4 is 65.3 Å². The Bertz CT molecular complexity index is 2790. The van der Waals surface area contributed by atoms with Gasteiger partial charge in [0.1, 0.15) is 42.1 Å². The molecule has 5 rings (SSSR count). The maximum Gasteiger partial charge on any atom is 0.427 e. The summed E-state index contributed by atoms with van der Waals surface area (Å²) < 4.78 is 52.6. The van der Waals surface area contributed by atoms with Crippen LogP contribution in [0.4, 0.5) is 35.7 Å². The maximum absolute atomic E-state index is 15.0. The molecule has 2 aromatic heterocycles. The number of aromatic nitrogens is 4. The summed E-state index contributed by atoms with van der Waals surface area (Å²) in [5.41, 5.74) is -1.73. The van der Waals surface area contributed by atoms with Crippen molar-refractivity contribution in [3.63, 3.8) is 0 Å². The number of hydrogen-bond acceptors (Lipinski definition) is 19. The minimum absolute atomic E-state index is 0.0258. The molecule has 0 radical (unpaired) electrons. The predicted molar refractivity (Wildman–Crippen MR) is 314 cm³/mol. The van der Waals surface area contributed by atoms with Crippen LogP contribution in [0.3, 0.4) is 0 Å². The predicted octanol–water partition coefficient (Wildman–Crippen LogP) is 10.7. The molecule has 2 heterocycles. The molecule has 24 nitrogen and oxygen atoms in total. The van der Waals surface area contributed by atoms with Crippen molar-refractivity contribution in [2.24, 2.45) is 0 Å². The minimum Gasteiger partial charge on any atom is -0.464 e. The molecule has 1 aliphatic carbocycles. The van der Waals surface area contributed by atoms with Gasteiger partial charge in [-0.25, -0.2) is 29.0 Å². The normalized spacial score (nSPS) is 12.8. The number of esters is 1. The van der Waals surface area contributed by atoms with Crippen molar-refractivity contribution in [1.29, 1.82) is 0 Å². The van der Waals surface area contributed by atoms with Gasteiger partial charge in [0.2, 0.25) is 11.9 Å². The van der Waals surface area contributed by atoms with Crippen LogP contribution in [0, 0.1) is 0 Å². The lowest BCUT2D eigenvalue weighted by atomic mass is 9.98.